The molecule has 2 nitrogen and oxygen atoms in total. The molecule has 0 aliphatic carbocycles. The molecule has 22 heavy (non-hydrogen) atoms. The first-order valence-electron chi connectivity index (χ1n) is 8.20. The number of rotatable bonds is 8. The molecule has 0 aliphatic heterocycles. The van der Waals surface area contributed by atoms with Crippen LogP contribution >= 0.6 is 0 Å². The summed E-state index contributed by atoms with van der Waals surface area (Å²) in [4.78, 5) is 2.38. The van der Waals surface area contributed by atoms with Crippen LogP contribution in [0.2, 0.25) is 0 Å². The van der Waals surface area contributed by atoms with Crippen LogP contribution < -0.4 is 0 Å². The lowest BCUT2D eigenvalue weighted by atomic mass is 9.96. The van der Waals surface area contributed by atoms with E-state index < -0.39 is 0 Å². The standard InChI is InChI=1S/C20H27NO/c1-4-21(5-2)14-15-22-16-18-11-7-9-13-20(18)19-12-8-6-10-17(19)3/h6-13H,4-5,14-16H2,1-3H3. The summed E-state index contributed by atoms with van der Waals surface area (Å²) in [5, 5.41) is 0. The van der Waals surface area contributed by atoms with Gasteiger partial charge in [0, 0.05) is 6.54 Å². The van der Waals surface area contributed by atoms with E-state index in [2.05, 4.69) is 74.2 Å². The van der Waals surface area contributed by atoms with E-state index in [9.17, 15) is 0 Å². The summed E-state index contributed by atoms with van der Waals surface area (Å²) in [6.45, 7) is 11.2. The van der Waals surface area contributed by atoms with Crippen LogP contribution in [0, 0.1) is 6.92 Å². The molecule has 0 heterocycles. The fourth-order valence-corrected chi connectivity index (χ4v) is 2.70. The van der Waals surface area contributed by atoms with Crippen LogP contribution in [0.15, 0.2) is 48.5 Å². The maximum atomic E-state index is 5.91. The van der Waals surface area contributed by atoms with Crippen LogP contribution in [0.5, 0.6) is 0 Å². The molecule has 0 saturated heterocycles. The molecule has 0 radical (unpaired) electrons. The number of likely N-dealkylation sites (N-methyl/N-ethyl adjacent to an activating group) is 1. The summed E-state index contributed by atoms with van der Waals surface area (Å²) in [5.41, 5.74) is 5.14. The highest BCUT2D eigenvalue weighted by molar-refractivity contribution is 5.70. The van der Waals surface area contributed by atoms with Gasteiger partial charge in [0.2, 0.25) is 0 Å². The molecule has 0 saturated carbocycles. The molecule has 2 heteroatoms. The molecule has 2 rings (SSSR count). The topological polar surface area (TPSA) is 12.5 Å². The van der Waals surface area contributed by atoms with Gasteiger partial charge in [-0.25, -0.2) is 0 Å². The van der Waals surface area contributed by atoms with Gasteiger partial charge in [0.1, 0.15) is 0 Å². The Morgan fingerprint density at radius 2 is 1.50 bits per heavy atom. The molecule has 118 valence electrons. The van der Waals surface area contributed by atoms with E-state index in [1.165, 1.54) is 22.3 Å². The quantitative estimate of drug-likeness (QED) is 0.664. The molecule has 2 aromatic carbocycles. The van der Waals surface area contributed by atoms with E-state index in [0.29, 0.717) is 6.61 Å². The number of nitrogens with zero attached hydrogens (tertiary/aromatic N) is 1. The van der Waals surface area contributed by atoms with E-state index in [0.717, 1.165) is 26.2 Å². The normalized spacial score (nSPS) is 11.1. The van der Waals surface area contributed by atoms with Crippen molar-refractivity contribution in [2.75, 3.05) is 26.2 Å². The highest BCUT2D eigenvalue weighted by atomic mass is 16.5. The Balaban J connectivity index is 2.02. The molecule has 0 unspecified atom stereocenters. The van der Waals surface area contributed by atoms with Gasteiger partial charge in [-0.1, -0.05) is 62.4 Å². The SMILES string of the molecule is CCN(CC)CCOCc1ccccc1-c1ccccc1C. The van der Waals surface area contributed by atoms with Crippen molar-refractivity contribution in [2.45, 2.75) is 27.4 Å². The fraction of sp³-hybridized carbons (Fsp3) is 0.400. The molecular weight excluding hydrogens is 270 g/mol. The zero-order valence-electron chi connectivity index (χ0n) is 14.0. The second-order valence-electron chi connectivity index (χ2n) is 5.55. The number of ether oxygens (including phenoxy) is 1. The highest BCUT2D eigenvalue weighted by Crippen LogP contribution is 2.27. The van der Waals surface area contributed by atoms with Gasteiger partial charge in [-0.3, -0.25) is 0 Å². The maximum absolute atomic E-state index is 5.91. The summed E-state index contributed by atoms with van der Waals surface area (Å²) in [5.74, 6) is 0. The lowest BCUT2D eigenvalue weighted by Crippen LogP contribution is -2.27. The first kappa shape index (κ1) is 16.7. The van der Waals surface area contributed by atoms with Crippen molar-refractivity contribution in [1.29, 1.82) is 0 Å². The number of benzene rings is 2. The van der Waals surface area contributed by atoms with Crippen molar-refractivity contribution in [3.8, 4) is 11.1 Å². The summed E-state index contributed by atoms with van der Waals surface area (Å²) in [6.07, 6.45) is 0. The van der Waals surface area contributed by atoms with Gasteiger partial charge in [0.25, 0.3) is 0 Å². The van der Waals surface area contributed by atoms with Gasteiger partial charge < -0.3 is 9.64 Å². The Morgan fingerprint density at radius 1 is 0.864 bits per heavy atom. The van der Waals surface area contributed by atoms with Crippen LogP contribution in [0.4, 0.5) is 0 Å². The van der Waals surface area contributed by atoms with Crippen molar-refractivity contribution in [2.24, 2.45) is 0 Å². The average Bonchev–Trinajstić information content (AvgIpc) is 2.56. The third kappa shape index (κ3) is 4.43. The lowest BCUT2D eigenvalue weighted by Gasteiger charge is -2.18. The van der Waals surface area contributed by atoms with Gasteiger partial charge in [0.15, 0.2) is 0 Å². The number of aryl methyl sites for hydroxylation is 1. The van der Waals surface area contributed by atoms with Crippen molar-refractivity contribution in [1.82, 2.24) is 4.90 Å². The van der Waals surface area contributed by atoms with Gasteiger partial charge in [-0.15, -0.1) is 0 Å². The fourth-order valence-electron chi connectivity index (χ4n) is 2.70. The Hall–Kier alpha value is -1.64. The summed E-state index contributed by atoms with van der Waals surface area (Å²) < 4.78 is 5.91. The van der Waals surface area contributed by atoms with Crippen molar-refractivity contribution in [3.05, 3.63) is 59.7 Å². The summed E-state index contributed by atoms with van der Waals surface area (Å²) in [6, 6.07) is 17.1. The van der Waals surface area contributed by atoms with Crippen molar-refractivity contribution < 1.29 is 4.74 Å². The molecule has 0 amide bonds. The second kappa shape index (κ2) is 8.72. The minimum atomic E-state index is 0.672. The third-order valence-corrected chi connectivity index (χ3v) is 4.16. The number of hydrogen-bond acceptors (Lipinski definition) is 2. The van der Waals surface area contributed by atoms with E-state index in [4.69, 9.17) is 4.74 Å². The first-order chi connectivity index (χ1) is 10.8. The van der Waals surface area contributed by atoms with Gasteiger partial charge in [-0.2, -0.15) is 0 Å². The Kier molecular flexibility index (Phi) is 6.63. The van der Waals surface area contributed by atoms with E-state index >= 15 is 0 Å². The Labute approximate surface area is 134 Å². The third-order valence-electron chi connectivity index (χ3n) is 4.16. The Morgan fingerprint density at radius 3 is 2.18 bits per heavy atom. The minimum absolute atomic E-state index is 0.672. The summed E-state index contributed by atoms with van der Waals surface area (Å²) >= 11 is 0. The van der Waals surface area contributed by atoms with E-state index in [1.54, 1.807) is 0 Å². The monoisotopic (exact) mass is 297 g/mol. The minimum Gasteiger partial charge on any atom is -0.375 e. The largest absolute Gasteiger partial charge is 0.375 e. The molecule has 0 fully saturated rings. The predicted octanol–water partition coefficient (Wildman–Crippen LogP) is 4.52. The van der Waals surface area contributed by atoms with E-state index in [-0.39, 0.29) is 0 Å². The average molecular weight is 297 g/mol. The van der Waals surface area contributed by atoms with Crippen LogP contribution in [-0.2, 0) is 11.3 Å². The molecule has 0 N–H and O–H groups in total. The van der Waals surface area contributed by atoms with Crippen molar-refractivity contribution >= 4 is 0 Å². The van der Waals surface area contributed by atoms with Crippen LogP contribution in [0.25, 0.3) is 11.1 Å². The van der Waals surface area contributed by atoms with Crippen LogP contribution in [-0.4, -0.2) is 31.1 Å². The Bertz CT molecular complexity index is 575. The number of hydrogen-bond donors (Lipinski definition) is 0. The van der Waals surface area contributed by atoms with Gasteiger partial charge in [-0.05, 0) is 42.3 Å². The lowest BCUT2D eigenvalue weighted by molar-refractivity contribution is 0.0959. The van der Waals surface area contributed by atoms with Gasteiger partial charge >= 0.3 is 0 Å². The molecular formula is C20H27NO. The molecule has 2 aromatic rings. The van der Waals surface area contributed by atoms with Gasteiger partial charge in [0.05, 0.1) is 13.2 Å². The molecule has 0 aromatic heterocycles. The smallest absolute Gasteiger partial charge is 0.0723 e. The molecule has 0 atom stereocenters. The van der Waals surface area contributed by atoms with Crippen LogP contribution in [0.1, 0.15) is 25.0 Å². The van der Waals surface area contributed by atoms with Crippen molar-refractivity contribution in [3.63, 3.8) is 0 Å². The molecule has 0 aliphatic rings. The zero-order chi connectivity index (χ0) is 15.8. The van der Waals surface area contributed by atoms with Crippen LogP contribution in [0.3, 0.4) is 0 Å². The zero-order valence-corrected chi connectivity index (χ0v) is 14.0. The highest BCUT2D eigenvalue weighted by Gasteiger charge is 2.07. The molecule has 0 spiro atoms. The first-order valence-corrected chi connectivity index (χ1v) is 8.20. The second-order valence-corrected chi connectivity index (χ2v) is 5.55. The summed E-state index contributed by atoms with van der Waals surface area (Å²) in [7, 11) is 0. The van der Waals surface area contributed by atoms with E-state index in [1.807, 2.05) is 0 Å². The molecule has 0 bridgehead atoms. The maximum Gasteiger partial charge on any atom is 0.0723 e. The predicted molar refractivity (Wildman–Crippen MR) is 94.1 cm³/mol.